The number of amides is 1. The van der Waals surface area contributed by atoms with Gasteiger partial charge in [-0.15, -0.1) is 0 Å². The van der Waals surface area contributed by atoms with Crippen molar-refractivity contribution in [2.75, 3.05) is 27.2 Å². The fourth-order valence-electron chi connectivity index (χ4n) is 4.59. The summed E-state index contributed by atoms with van der Waals surface area (Å²) in [5, 5.41) is 3.11. The van der Waals surface area contributed by atoms with Gasteiger partial charge in [-0.2, -0.15) is 0 Å². The lowest BCUT2D eigenvalue weighted by Crippen LogP contribution is -3.00. The second-order valence-electron chi connectivity index (χ2n) is 11.1. The van der Waals surface area contributed by atoms with E-state index >= 15 is 0 Å². The Hall–Kier alpha value is -1.37. The maximum absolute atomic E-state index is 12.2. The van der Waals surface area contributed by atoms with Crippen LogP contribution in [0.3, 0.4) is 0 Å². The Kier molecular flexibility index (Phi) is 14.2. The van der Waals surface area contributed by atoms with Crippen LogP contribution in [0.1, 0.15) is 108 Å². The van der Waals surface area contributed by atoms with Gasteiger partial charge in [0.2, 0.25) is 11.7 Å². The number of unbranched alkanes of at least 4 members (excludes halogenated alkanes) is 8. The van der Waals surface area contributed by atoms with E-state index in [4.69, 9.17) is 9.47 Å². The minimum absolute atomic E-state index is 0. The zero-order valence-electron chi connectivity index (χ0n) is 23.2. The van der Waals surface area contributed by atoms with E-state index < -0.39 is 5.79 Å². The van der Waals surface area contributed by atoms with Gasteiger partial charge in [-0.3, -0.25) is 9.78 Å². The first-order chi connectivity index (χ1) is 16.1. The molecule has 1 aliphatic rings. The molecule has 0 unspecified atom stereocenters. The molecule has 0 bridgehead atoms. The lowest BCUT2D eigenvalue weighted by Gasteiger charge is -2.36. The SMILES string of the molecule is CCCCCCCCCCCC(=O)NCCC[N+](C)(C)Cc1cnc(C)c2c1COC(C)(C)O2.[Cl-]. The minimum Gasteiger partial charge on any atom is -1.00 e. The van der Waals surface area contributed by atoms with Crippen LogP contribution in [0.2, 0.25) is 0 Å². The Labute approximate surface area is 220 Å². The molecule has 0 saturated carbocycles. The van der Waals surface area contributed by atoms with Gasteiger partial charge in [-0.1, -0.05) is 58.3 Å². The Balaban J connectivity index is 0.00000612. The second-order valence-corrected chi connectivity index (χ2v) is 11.1. The Morgan fingerprint density at radius 2 is 1.69 bits per heavy atom. The van der Waals surface area contributed by atoms with Crippen LogP contribution in [0.4, 0.5) is 0 Å². The molecule has 6 nitrogen and oxygen atoms in total. The molecule has 1 aliphatic heterocycles. The molecule has 7 heteroatoms. The number of nitrogens with one attached hydrogen (secondary N) is 1. The summed E-state index contributed by atoms with van der Waals surface area (Å²) < 4.78 is 12.8. The van der Waals surface area contributed by atoms with Gasteiger partial charge < -0.3 is 31.7 Å². The molecule has 1 aromatic heterocycles. The lowest BCUT2D eigenvalue weighted by molar-refractivity contribution is -0.903. The summed E-state index contributed by atoms with van der Waals surface area (Å²) in [6.07, 6.45) is 15.1. The van der Waals surface area contributed by atoms with Crippen molar-refractivity contribution in [1.82, 2.24) is 10.3 Å². The zero-order chi connectivity index (χ0) is 25.0. The topological polar surface area (TPSA) is 60.5 Å². The van der Waals surface area contributed by atoms with E-state index in [1.807, 2.05) is 27.0 Å². The van der Waals surface area contributed by atoms with Gasteiger partial charge in [0.15, 0.2) is 0 Å². The first-order valence-corrected chi connectivity index (χ1v) is 13.5. The number of hydrogen-bond acceptors (Lipinski definition) is 4. The van der Waals surface area contributed by atoms with Crippen molar-refractivity contribution in [3.05, 3.63) is 23.0 Å². The predicted octanol–water partition coefficient (Wildman–Crippen LogP) is 3.04. The number of hydrogen-bond donors (Lipinski definition) is 1. The van der Waals surface area contributed by atoms with Crippen LogP contribution in [0, 0.1) is 6.92 Å². The largest absolute Gasteiger partial charge is 1.00 e. The number of aromatic nitrogens is 1. The quantitative estimate of drug-likeness (QED) is 0.274. The van der Waals surface area contributed by atoms with Crippen molar-refractivity contribution in [2.45, 2.75) is 117 Å². The van der Waals surface area contributed by atoms with E-state index in [1.54, 1.807) is 0 Å². The Morgan fingerprint density at radius 1 is 1.06 bits per heavy atom. The molecule has 1 amide bonds. The minimum atomic E-state index is -0.616. The van der Waals surface area contributed by atoms with Crippen molar-refractivity contribution in [1.29, 1.82) is 0 Å². The van der Waals surface area contributed by atoms with E-state index in [-0.39, 0.29) is 18.3 Å². The summed E-state index contributed by atoms with van der Waals surface area (Å²) in [7, 11) is 4.45. The molecule has 0 atom stereocenters. The maximum Gasteiger partial charge on any atom is 0.219 e. The van der Waals surface area contributed by atoms with Crippen LogP contribution in [0.25, 0.3) is 0 Å². The molecule has 1 aromatic rings. The molecule has 0 spiro atoms. The first-order valence-electron chi connectivity index (χ1n) is 13.5. The van der Waals surface area contributed by atoms with Crippen LogP contribution < -0.4 is 22.5 Å². The smallest absolute Gasteiger partial charge is 0.219 e. The summed E-state index contributed by atoms with van der Waals surface area (Å²) in [4.78, 5) is 16.7. The van der Waals surface area contributed by atoms with Gasteiger partial charge in [0.1, 0.15) is 12.3 Å². The summed E-state index contributed by atoms with van der Waals surface area (Å²) in [6.45, 7) is 11.2. The second kappa shape index (κ2) is 15.7. The normalized spacial score (nSPS) is 14.6. The average Bonchev–Trinajstić information content (AvgIpc) is 2.77. The summed E-state index contributed by atoms with van der Waals surface area (Å²) in [6, 6.07) is 0. The van der Waals surface area contributed by atoms with Gasteiger partial charge in [0.25, 0.3) is 0 Å². The van der Waals surface area contributed by atoms with Crippen LogP contribution in [-0.4, -0.2) is 48.3 Å². The number of carbonyl (C=O) groups excluding carboxylic acids is 1. The molecule has 2 heterocycles. The van der Waals surface area contributed by atoms with Gasteiger partial charge in [0.05, 0.1) is 32.9 Å². The third kappa shape index (κ3) is 11.9. The molecular formula is C28H50ClN3O3. The molecule has 0 aromatic carbocycles. The number of nitrogens with zero attached hydrogens (tertiary/aromatic N) is 2. The Morgan fingerprint density at radius 3 is 2.34 bits per heavy atom. The highest BCUT2D eigenvalue weighted by atomic mass is 35.5. The van der Waals surface area contributed by atoms with Crippen molar-refractivity contribution in [2.24, 2.45) is 0 Å². The highest BCUT2D eigenvalue weighted by Gasteiger charge is 2.32. The van der Waals surface area contributed by atoms with E-state index in [1.165, 1.54) is 56.9 Å². The summed E-state index contributed by atoms with van der Waals surface area (Å²) >= 11 is 0. The van der Waals surface area contributed by atoms with E-state index in [9.17, 15) is 4.79 Å². The number of halogens is 1. The zero-order valence-corrected chi connectivity index (χ0v) is 23.9. The molecule has 0 saturated heterocycles. The number of rotatable bonds is 16. The van der Waals surface area contributed by atoms with Crippen LogP contribution in [0.15, 0.2) is 6.20 Å². The van der Waals surface area contributed by atoms with Crippen molar-refractivity contribution >= 4 is 5.91 Å². The number of ether oxygens (including phenoxy) is 2. The van der Waals surface area contributed by atoms with E-state index in [2.05, 4.69) is 31.3 Å². The highest BCUT2D eigenvalue weighted by Crippen LogP contribution is 2.35. The van der Waals surface area contributed by atoms with Crippen molar-refractivity contribution in [3.63, 3.8) is 0 Å². The molecule has 35 heavy (non-hydrogen) atoms. The average molecular weight is 512 g/mol. The van der Waals surface area contributed by atoms with Crippen LogP contribution in [-0.2, 0) is 22.7 Å². The molecular weight excluding hydrogens is 462 g/mol. The molecule has 0 radical (unpaired) electrons. The summed E-state index contributed by atoms with van der Waals surface area (Å²) in [5.74, 6) is 0.453. The predicted molar refractivity (Wildman–Crippen MR) is 139 cm³/mol. The van der Waals surface area contributed by atoms with E-state index in [0.29, 0.717) is 13.0 Å². The number of pyridine rings is 1. The van der Waals surface area contributed by atoms with Crippen LogP contribution >= 0.6 is 0 Å². The molecule has 202 valence electrons. The third-order valence-electron chi connectivity index (χ3n) is 6.68. The maximum atomic E-state index is 12.2. The first kappa shape index (κ1) is 31.7. The Bertz CT molecular complexity index is 768. The standard InChI is InChI=1S/C28H49N3O3.ClH/c1-7-8-9-10-11-12-13-14-15-17-26(32)29-18-16-19-31(5,6)21-24-20-30-23(2)27-25(24)22-33-28(3,4)34-27;/h20H,7-19,21-22H2,1-6H3;1H. The third-order valence-corrected chi connectivity index (χ3v) is 6.68. The van der Waals surface area contributed by atoms with Crippen LogP contribution in [0.5, 0.6) is 5.75 Å². The highest BCUT2D eigenvalue weighted by molar-refractivity contribution is 5.75. The molecule has 1 N–H and O–H groups in total. The fraction of sp³-hybridized carbons (Fsp3) is 0.786. The lowest BCUT2D eigenvalue weighted by atomic mass is 10.1. The van der Waals surface area contributed by atoms with Gasteiger partial charge in [-0.25, -0.2) is 0 Å². The van der Waals surface area contributed by atoms with Gasteiger partial charge >= 0.3 is 0 Å². The number of fused-ring (bicyclic) bond motifs is 1. The van der Waals surface area contributed by atoms with Crippen molar-refractivity contribution < 1.29 is 31.2 Å². The van der Waals surface area contributed by atoms with Gasteiger partial charge in [0, 0.05) is 50.6 Å². The monoisotopic (exact) mass is 511 g/mol. The van der Waals surface area contributed by atoms with Gasteiger partial charge in [-0.05, 0) is 13.3 Å². The number of carbonyl (C=O) groups is 1. The number of aryl methyl sites for hydroxylation is 1. The molecule has 2 rings (SSSR count). The molecule has 0 aliphatic carbocycles. The fourth-order valence-corrected chi connectivity index (χ4v) is 4.59. The summed E-state index contributed by atoms with van der Waals surface area (Å²) in [5.41, 5.74) is 3.21. The van der Waals surface area contributed by atoms with E-state index in [0.717, 1.165) is 54.0 Å². The van der Waals surface area contributed by atoms with Crippen molar-refractivity contribution in [3.8, 4) is 5.75 Å². The molecule has 0 fully saturated rings. The number of quaternary nitrogens is 1.